The number of amides is 1. The lowest BCUT2D eigenvalue weighted by atomic mass is 9.86. The molecule has 5 nitrogen and oxygen atoms in total. The van der Waals surface area contributed by atoms with Crippen molar-refractivity contribution >= 4 is 11.9 Å². The number of halogens is 1. The zero-order chi connectivity index (χ0) is 19.2. The Bertz CT molecular complexity index is 913. The maximum absolute atomic E-state index is 13.2. The molecule has 1 fully saturated rings. The minimum absolute atomic E-state index is 0.291. The maximum Gasteiger partial charge on any atom is 0.333 e. The Labute approximate surface area is 156 Å². The summed E-state index contributed by atoms with van der Waals surface area (Å²) in [6, 6.07) is 12.8. The topological polar surface area (TPSA) is 75.6 Å². The molecular weight excluding hydrogens is 349 g/mol. The number of hydrogen-bond donors (Lipinski definition) is 2. The summed E-state index contributed by atoms with van der Waals surface area (Å²) in [6.45, 7) is 1.96. The first-order valence-electron chi connectivity index (χ1n) is 8.91. The van der Waals surface area contributed by atoms with Crippen LogP contribution < -0.4 is 10.1 Å². The number of benzene rings is 2. The number of carboxylic acid groups (broad SMARTS) is 1. The molecule has 2 N–H and O–H groups in total. The van der Waals surface area contributed by atoms with E-state index in [2.05, 4.69) is 5.32 Å². The second-order valence-electron chi connectivity index (χ2n) is 7.43. The summed E-state index contributed by atoms with van der Waals surface area (Å²) in [5, 5.41) is 12.4. The van der Waals surface area contributed by atoms with E-state index in [1.165, 1.54) is 31.2 Å². The van der Waals surface area contributed by atoms with Gasteiger partial charge in [0.1, 0.15) is 11.6 Å². The van der Waals surface area contributed by atoms with Crippen molar-refractivity contribution in [2.45, 2.75) is 30.7 Å². The third kappa shape index (κ3) is 2.76. The largest absolute Gasteiger partial charge is 0.493 e. The average molecular weight is 369 g/mol. The molecule has 4 rings (SSSR count). The number of rotatable bonds is 4. The quantitative estimate of drug-likeness (QED) is 0.869. The van der Waals surface area contributed by atoms with Crippen LogP contribution in [-0.4, -0.2) is 23.6 Å². The van der Waals surface area contributed by atoms with Gasteiger partial charge >= 0.3 is 5.97 Å². The summed E-state index contributed by atoms with van der Waals surface area (Å²) >= 11 is 0. The Kier molecular flexibility index (Phi) is 3.94. The van der Waals surface area contributed by atoms with Crippen LogP contribution in [0.5, 0.6) is 5.75 Å². The second-order valence-corrected chi connectivity index (χ2v) is 7.43. The SMILES string of the molecule is CC(NC(=O)[C@@H]1C[C@]12CCOc1ccccc12)(C(=O)O)c1ccc(F)cc1. The second kappa shape index (κ2) is 6.08. The molecule has 1 heterocycles. The van der Waals surface area contributed by atoms with Gasteiger partial charge in [0.05, 0.1) is 6.61 Å². The molecular formula is C21H20FNO4. The van der Waals surface area contributed by atoms with E-state index in [0.717, 1.165) is 17.7 Å². The fraction of sp³-hybridized carbons (Fsp3) is 0.333. The van der Waals surface area contributed by atoms with Gasteiger partial charge in [0.25, 0.3) is 0 Å². The first-order valence-corrected chi connectivity index (χ1v) is 8.91. The highest BCUT2D eigenvalue weighted by Gasteiger charge is 2.61. The Morgan fingerprint density at radius 2 is 1.93 bits per heavy atom. The zero-order valence-corrected chi connectivity index (χ0v) is 14.9. The highest BCUT2D eigenvalue weighted by molar-refractivity contribution is 5.91. The van der Waals surface area contributed by atoms with Crippen LogP contribution in [-0.2, 0) is 20.5 Å². The van der Waals surface area contributed by atoms with E-state index in [1.54, 1.807) is 0 Å². The van der Waals surface area contributed by atoms with E-state index < -0.39 is 17.3 Å². The van der Waals surface area contributed by atoms with Gasteiger partial charge in [0, 0.05) is 16.9 Å². The van der Waals surface area contributed by atoms with Gasteiger partial charge in [-0.3, -0.25) is 4.79 Å². The predicted molar refractivity (Wildman–Crippen MR) is 95.9 cm³/mol. The molecule has 27 heavy (non-hydrogen) atoms. The number of hydrogen-bond acceptors (Lipinski definition) is 3. The molecule has 140 valence electrons. The minimum Gasteiger partial charge on any atom is -0.493 e. The summed E-state index contributed by atoms with van der Waals surface area (Å²) in [5.41, 5.74) is -0.581. The molecule has 3 atom stereocenters. The molecule has 0 aromatic heterocycles. The van der Waals surface area contributed by atoms with Crippen LogP contribution in [0.4, 0.5) is 4.39 Å². The maximum atomic E-state index is 13.2. The first-order chi connectivity index (χ1) is 12.9. The third-order valence-corrected chi connectivity index (χ3v) is 5.84. The Morgan fingerprint density at radius 3 is 2.63 bits per heavy atom. The third-order valence-electron chi connectivity index (χ3n) is 5.84. The van der Waals surface area contributed by atoms with Crippen LogP contribution in [0.25, 0.3) is 0 Å². The standard InChI is InChI=1S/C21H20FNO4/c1-20(19(25)26,13-6-8-14(22)9-7-13)23-18(24)16-12-21(16)10-11-27-17-5-3-2-4-15(17)21/h2-9,16H,10-12H2,1H3,(H,23,24)(H,25,26)/t16-,20?,21-/m0/s1. The summed E-state index contributed by atoms with van der Waals surface area (Å²) < 4.78 is 18.9. The van der Waals surface area contributed by atoms with E-state index in [0.29, 0.717) is 18.6 Å². The van der Waals surface area contributed by atoms with Crippen LogP contribution in [0, 0.1) is 11.7 Å². The van der Waals surface area contributed by atoms with E-state index in [4.69, 9.17) is 4.74 Å². The van der Waals surface area contributed by atoms with E-state index in [9.17, 15) is 19.1 Å². The van der Waals surface area contributed by atoms with Crippen molar-refractivity contribution in [3.8, 4) is 5.75 Å². The van der Waals surface area contributed by atoms with Crippen molar-refractivity contribution < 1.29 is 23.8 Å². The average Bonchev–Trinajstić information content (AvgIpc) is 3.37. The van der Waals surface area contributed by atoms with Crippen LogP contribution in [0.15, 0.2) is 48.5 Å². The van der Waals surface area contributed by atoms with Gasteiger partial charge < -0.3 is 15.2 Å². The van der Waals surface area contributed by atoms with Crippen LogP contribution in [0.1, 0.15) is 30.9 Å². The van der Waals surface area contributed by atoms with Gasteiger partial charge in [-0.2, -0.15) is 0 Å². The van der Waals surface area contributed by atoms with Gasteiger partial charge in [-0.05, 0) is 43.5 Å². The van der Waals surface area contributed by atoms with Crippen molar-refractivity contribution in [3.63, 3.8) is 0 Å². The van der Waals surface area contributed by atoms with Crippen molar-refractivity contribution in [1.82, 2.24) is 5.32 Å². The molecule has 1 saturated carbocycles. The molecule has 0 radical (unpaired) electrons. The number of aliphatic carboxylic acids is 1. The normalized spacial score (nSPS) is 25.0. The number of carbonyl (C=O) groups is 2. The molecule has 2 aromatic rings. The molecule has 1 unspecified atom stereocenters. The van der Waals surface area contributed by atoms with Gasteiger partial charge in [-0.15, -0.1) is 0 Å². The fourth-order valence-corrected chi connectivity index (χ4v) is 4.07. The number of fused-ring (bicyclic) bond motifs is 2. The van der Waals surface area contributed by atoms with Crippen molar-refractivity contribution in [3.05, 3.63) is 65.5 Å². The first kappa shape index (κ1) is 17.5. The fourth-order valence-electron chi connectivity index (χ4n) is 4.07. The number of para-hydroxylation sites is 1. The minimum atomic E-state index is -1.63. The monoisotopic (exact) mass is 369 g/mol. The molecule has 1 aliphatic carbocycles. The number of ether oxygens (including phenoxy) is 1. The summed E-state index contributed by atoms with van der Waals surface area (Å²) in [5.74, 6) is -1.47. The van der Waals surface area contributed by atoms with E-state index in [-0.39, 0.29) is 17.2 Å². The predicted octanol–water partition coefficient (Wildman–Crippen LogP) is 2.98. The Morgan fingerprint density at radius 1 is 1.22 bits per heavy atom. The molecule has 1 spiro atoms. The number of carboxylic acids is 1. The molecule has 0 saturated heterocycles. The Balaban J connectivity index is 1.59. The molecule has 1 aliphatic heterocycles. The Hall–Kier alpha value is -2.89. The van der Waals surface area contributed by atoms with Crippen molar-refractivity contribution in [2.75, 3.05) is 6.61 Å². The van der Waals surface area contributed by atoms with Crippen LogP contribution in [0.2, 0.25) is 0 Å². The lowest BCUT2D eigenvalue weighted by Gasteiger charge is -2.29. The smallest absolute Gasteiger partial charge is 0.333 e. The van der Waals surface area contributed by atoms with Gasteiger partial charge in [0.15, 0.2) is 5.54 Å². The zero-order valence-electron chi connectivity index (χ0n) is 14.9. The molecule has 2 aliphatic rings. The van der Waals surface area contributed by atoms with Crippen LogP contribution in [0.3, 0.4) is 0 Å². The van der Waals surface area contributed by atoms with Crippen molar-refractivity contribution in [1.29, 1.82) is 0 Å². The van der Waals surface area contributed by atoms with Gasteiger partial charge in [-0.1, -0.05) is 30.3 Å². The molecule has 1 amide bonds. The van der Waals surface area contributed by atoms with Gasteiger partial charge in [-0.25, -0.2) is 9.18 Å². The van der Waals surface area contributed by atoms with E-state index >= 15 is 0 Å². The highest BCUT2D eigenvalue weighted by Crippen LogP contribution is 2.60. The summed E-state index contributed by atoms with van der Waals surface area (Å²) in [7, 11) is 0. The number of nitrogens with one attached hydrogen (secondary N) is 1. The lowest BCUT2D eigenvalue weighted by molar-refractivity contribution is -0.147. The van der Waals surface area contributed by atoms with Gasteiger partial charge in [0.2, 0.25) is 5.91 Å². The summed E-state index contributed by atoms with van der Waals surface area (Å²) in [4.78, 5) is 24.9. The molecule has 2 aromatic carbocycles. The molecule has 6 heteroatoms. The highest BCUT2D eigenvalue weighted by atomic mass is 19.1. The van der Waals surface area contributed by atoms with Crippen LogP contribution >= 0.6 is 0 Å². The van der Waals surface area contributed by atoms with Crippen molar-refractivity contribution in [2.24, 2.45) is 5.92 Å². The molecule has 0 bridgehead atoms. The summed E-state index contributed by atoms with van der Waals surface area (Å²) in [6.07, 6.45) is 1.39. The lowest BCUT2D eigenvalue weighted by Crippen LogP contribution is -2.50. The number of carbonyl (C=O) groups excluding carboxylic acids is 1. The van der Waals surface area contributed by atoms with E-state index in [1.807, 2.05) is 24.3 Å².